The SMILES string of the molecule is CC(C)[S@](=O)c1ccccc1. The third-order valence-electron chi connectivity index (χ3n) is 1.40. The van der Waals surface area contributed by atoms with Gasteiger partial charge >= 0.3 is 0 Å². The average molecular weight is 168 g/mol. The summed E-state index contributed by atoms with van der Waals surface area (Å²) < 4.78 is 11.5. The Hall–Kier alpha value is -0.630. The number of hydrogen-bond acceptors (Lipinski definition) is 1. The van der Waals surface area contributed by atoms with Gasteiger partial charge in [-0.15, -0.1) is 0 Å². The first-order valence-corrected chi connectivity index (χ1v) is 4.88. The Morgan fingerprint density at radius 1 is 1.18 bits per heavy atom. The van der Waals surface area contributed by atoms with Crippen LogP contribution in [-0.4, -0.2) is 9.46 Å². The second-order valence-electron chi connectivity index (χ2n) is 2.66. The summed E-state index contributed by atoms with van der Waals surface area (Å²) in [7, 11) is -0.835. The maximum atomic E-state index is 11.5. The van der Waals surface area contributed by atoms with Crippen molar-refractivity contribution in [1.82, 2.24) is 0 Å². The van der Waals surface area contributed by atoms with Gasteiger partial charge in [0.25, 0.3) is 0 Å². The molecule has 0 heterocycles. The van der Waals surface area contributed by atoms with Gasteiger partial charge in [0.1, 0.15) is 0 Å². The Morgan fingerprint density at radius 3 is 2.18 bits per heavy atom. The van der Waals surface area contributed by atoms with Crippen LogP contribution in [0, 0.1) is 0 Å². The highest BCUT2D eigenvalue weighted by Gasteiger charge is 2.05. The van der Waals surface area contributed by atoms with Crippen LogP contribution in [0.25, 0.3) is 0 Å². The fourth-order valence-corrected chi connectivity index (χ4v) is 1.80. The van der Waals surface area contributed by atoms with E-state index in [9.17, 15) is 4.21 Å². The molecule has 1 nitrogen and oxygen atoms in total. The highest BCUT2D eigenvalue weighted by molar-refractivity contribution is 7.85. The first-order chi connectivity index (χ1) is 5.22. The molecular weight excluding hydrogens is 156 g/mol. The molecule has 0 radical (unpaired) electrons. The van der Waals surface area contributed by atoms with E-state index in [1.165, 1.54) is 0 Å². The maximum absolute atomic E-state index is 11.5. The highest BCUT2D eigenvalue weighted by atomic mass is 32.2. The van der Waals surface area contributed by atoms with Crippen molar-refractivity contribution in [2.75, 3.05) is 0 Å². The van der Waals surface area contributed by atoms with Gasteiger partial charge in [-0.05, 0) is 12.1 Å². The molecule has 0 aliphatic heterocycles. The van der Waals surface area contributed by atoms with E-state index in [0.29, 0.717) is 0 Å². The average Bonchev–Trinajstić information content (AvgIpc) is 2.05. The van der Waals surface area contributed by atoms with Gasteiger partial charge in [0.15, 0.2) is 0 Å². The zero-order chi connectivity index (χ0) is 8.27. The van der Waals surface area contributed by atoms with Crippen molar-refractivity contribution in [2.45, 2.75) is 24.0 Å². The van der Waals surface area contributed by atoms with Gasteiger partial charge in [0.2, 0.25) is 0 Å². The fourth-order valence-electron chi connectivity index (χ4n) is 0.827. The number of benzene rings is 1. The van der Waals surface area contributed by atoms with Crippen LogP contribution in [0.3, 0.4) is 0 Å². The summed E-state index contributed by atoms with van der Waals surface area (Å²) in [5.41, 5.74) is 0. The van der Waals surface area contributed by atoms with E-state index in [2.05, 4.69) is 0 Å². The molecule has 0 N–H and O–H groups in total. The van der Waals surface area contributed by atoms with Crippen molar-refractivity contribution < 1.29 is 4.21 Å². The molecule has 0 aromatic heterocycles. The molecular formula is C9H12OS. The number of rotatable bonds is 2. The number of hydrogen-bond donors (Lipinski definition) is 0. The van der Waals surface area contributed by atoms with Crippen LogP contribution in [0.1, 0.15) is 13.8 Å². The minimum absolute atomic E-state index is 0.206. The summed E-state index contributed by atoms with van der Waals surface area (Å²) in [5, 5.41) is 0.206. The van der Waals surface area contributed by atoms with E-state index in [-0.39, 0.29) is 5.25 Å². The molecule has 1 atom stereocenters. The van der Waals surface area contributed by atoms with E-state index in [1.54, 1.807) is 0 Å². The Balaban J connectivity index is 2.86. The molecule has 1 aromatic carbocycles. The largest absolute Gasteiger partial charge is 0.254 e. The lowest BCUT2D eigenvalue weighted by Gasteiger charge is -2.03. The molecule has 0 saturated heterocycles. The summed E-state index contributed by atoms with van der Waals surface area (Å²) in [6, 6.07) is 9.55. The van der Waals surface area contributed by atoms with Crippen LogP contribution in [0.15, 0.2) is 35.2 Å². The molecule has 0 aliphatic rings. The lowest BCUT2D eigenvalue weighted by molar-refractivity contribution is 0.677. The predicted octanol–water partition coefficient (Wildman–Crippen LogP) is 2.20. The summed E-state index contributed by atoms with van der Waals surface area (Å²) in [4.78, 5) is 0.919. The van der Waals surface area contributed by atoms with Gasteiger partial charge in [-0.1, -0.05) is 32.0 Å². The van der Waals surface area contributed by atoms with E-state index in [4.69, 9.17) is 0 Å². The zero-order valence-electron chi connectivity index (χ0n) is 6.78. The second kappa shape index (κ2) is 3.67. The molecule has 0 spiro atoms. The third-order valence-corrected chi connectivity index (χ3v) is 3.00. The van der Waals surface area contributed by atoms with Gasteiger partial charge in [-0.2, -0.15) is 0 Å². The van der Waals surface area contributed by atoms with Gasteiger partial charge in [0.05, 0.1) is 10.8 Å². The quantitative estimate of drug-likeness (QED) is 0.661. The van der Waals surface area contributed by atoms with Crippen molar-refractivity contribution in [2.24, 2.45) is 0 Å². The molecule has 11 heavy (non-hydrogen) atoms. The minimum Gasteiger partial charge on any atom is -0.254 e. The van der Waals surface area contributed by atoms with Crippen molar-refractivity contribution in [3.05, 3.63) is 30.3 Å². The maximum Gasteiger partial charge on any atom is 0.0555 e. The van der Waals surface area contributed by atoms with Crippen molar-refractivity contribution in [3.8, 4) is 0 Å². The van der Waals surface area contributed by atoms with Gasteiger partial charge < -0.3 is 0 Å². The zero-order valence-corrected chi connectivity index (χ0v) is 7.60. The standard InChI is InChI=1S/C9H12OS/c1-8(2)11(10)9-6-4-3-5-7-9/h3-8H,1-2H3/t11-/m0/s1. The normalized spacial score (nSPS) is 13.4. The molecule has 1 rings (SSSR count). The molecule has 0 saturated carbocycles. The van der Waals surface area contributed by atoms with E-state index in [1.807, 2.05) is 44.2 Å². The monoisotopic (exact) mass is 168 g/mol. The van der Waals surface area contributed by atoms with Crippen molar-refractivity contribution >= 4 is 10.8 Å². The fraction of sp³-hybridized carbons (Fsp3) is 0.333. The van der Waals surface area contributed by atoms with Gasteiger partial charge in [-0.3, -0.25) is 4.21 Å². The minimum atomic E-state index is -0.835. The summed E-state index contributed by atoms with van der Waals surface area (Å²) in [6.07, 6.45) is 0. The summed E-state index contributed by atoms with van der Waals surface area (Å²) in [5.74, 6) is 0. The van der Waals surface area contributed by atoms with Crippen LogP contribution in [-0.2, 0) is 10.8 Å². The molecule has 0 aliphatic carbocycles. The van der Waals surface area contributed by atoms with E-state index < -0.39 is 10.8 Å². The molecule has 2 heteroatoms. The molecule has 0 unspecified atom stereocenters. The van der Waals surface area contributed by atoms with Gasteiger partial charge in [0, 0.05) is 10.1 Å². The van der Waals surface area contributed by atoms with Crippen LogP contribution >= 0.6 is 0 Å². The smallest absolute Gasteiger partial charge is 0.0555 e. The third kappa shape index (κ3) is 2.15. The van der Waals surface area contributed by atoms with Crippen LogP contribution in [0.5, 0.6) is 0 Å². The lowest BCUT2D eigenvalue weighted by Crippen LogP contribution is -2.04. The Bertz CT molecular complexity index is 241. The molecule has 0 fully saturated rings. The van der Waals surface area contributed by atoms with Gasteiger partial charge in [-0.25, -0.2) is 0 Å². The molecule has 0 bridgehead atoms. The first-order valence-electron chi connectivity index (χ1n) is 3.67. The Kier molecular flexibility index (Phi) is 2.83. The van der Waals surface area contributed by atoms with E-state index in [0.717, 1.165) is 4.90 Å². The lowest BCUT2D eigenvalue weighted by atomic mass is 10.4. The Labute approximate surface area is 69.9 Å². The highest BCUT2D eigenvalue weighted by Crippen LogP contribution is 2.09. The van der Waals surface area contributed by atoms with Crippen LogP contribution in [0.2, 0.25) is 0 Å². The summed E-state index contributed by atoms with van der Waals surface area (Å²) in [6.45, 7) is 3.92. The molecule has 60 valence electrons. The summed E-state index contributed by atoms with van der Waals surface area (Å²) >= 11 is 0. The molecule has 0 amide bonds. The van der Waals surface area contributed by atoms with Crippen LogP contribution < -0.4 is 0 Å². The van der Waals surface area contributed by atoms with E-state index >= 15 is 0 Å². The topological polar surface area (TPSA) is 17.1 Å². The Morgan fingerprint density at radius 2 is 1.73 bits per heavy atom. The first kappa shape index (κ1) is 8.47. The molecule has 1 aromatic rings. The van der Waals surface area contributed by atoms with Crippen LogP contribution in [0.4, 0.5) is 0 Å². The van der Waals surface area contributed by atoms with Crippen molar-refractivity contribution in [3.63, 3.8) is 0 Å². The second-order valence-corrected chi connectivity index (χ2v) is 4.67. The predicted molar refractivity (Wildman–Crippen MR) is 48.0 cm³/mol. The van der Waals surface area contributed by atoms with Crippen molar-refractivity contribution in [1.29, 1.82) is 0 Å².